The number of aryl methyl sites for hydroxylation is 1. The molecule has 1 unspecified atom stereocenters. The van der Waals surface area contributed by atoms with Gasteiger partial charge in [-0.1, -0.05) is 12.1 Å². The molecule has 28 heavy (non-hydrogen) atoms. The highest BCUT2D eigenvalue weighted by atomic mass is 32.2. The Kier molecular flexibility index (Phi) is 9.01. The predicted octanol–water partition coefficient (Wildman–Crippen LogP) is 1.16. The highest BCUT2D eigenvalue weighted by Gasteiger charge is 2.18. The van der Waals surface area contributed by atoms with Crippen molar-refractivity contribution in [1.82, 2.24) is 15.4 Å². The van der Waals surface area contributed by atoms with Gasteiger partial charge in [-0.25, -0.2) is 18.1 Å². The van der Waals surface area contributed by atoms with Gasteiger partial charge < -0.3 is 20.1 Å². The number of sulfonamides is 1. The molecule has 0 aliphatic carbocycles. The Balaban J connectivity index is 1.93. The van der Waals surface area contributed by atoms with Gasteiger partial charge in [0, 0.05) is 31.6 Å². The van der Waals surface area contributed by atoms with Crippen LogP contribution in [-0.4, -0.2) is 59.6 Å². The quantitative estimate of drug-likeness (QED) is 0.303. The van der Waals surface area contributed by atoms with Crippen LogP contribution in [0.1, 0.15) is 30.9 Å². The van der Waals surface area contributed by atoms with E-state index in [1.807, 2.05) is 26.0 Å². The molecule has 1 aromatic carbocycles. The molecule has 2 rings (SSSR count). The average Bonchev–Trinajstić information content (AvgIpc) is 3.12. The molecule has 1 atom stereocenters. The molecule has 9 heteroatoms. The molecule has 0 bridgehead atoms. The molecular weight excluding hydrogens is 380 g/mol. The molecule has 1 aliphatic heterocycles. The second kappa shape index (κ2) is 11.2. The minimum atomic E-state index is -3.15. The topological polar surface area (TPSA) is 101 Å². The Morgan fingerprint density at radius 3 is 2.82 bits per heavy atom. The Morgan fingerprint density at radius 1 is 1.32 bits per heavy atom. The second-order valence-corrected chi connectivity index (χ2v) is 8.69. The van der Waals surface area contributed by atoms with Crippen LogP contribution in [0.5, 0.6) is 5.75 Å². The first-order chi connectivity index (χ1) is 13.4. The highest BCUT2D eigenvalue weighted by molar-refractivity contribution is 7.88. The summed E-state index contributed by atoms with van der Waals surface area (Å²) in [5.41, 5.74) is 2.17. The van der Waals surface area contributed by atoms with Crippen LogP contribution in [0.3, 0.4) is 0 Å². The summed E-state index contributed by atoms with van der Waals surface area (Å²) in [5, 5.41) is 6.43. The third-order valence-corrected chi connectivity index (χ3v) is 4.89. The van der Waals surface area contributed by atoms with Crippen molar-refractivity contribution >= 4 is 16.0 Å². The summed E-state index contributed by atoms with van der Waals surface area (Å²) in [6, 6.07) is 6.14. The van der Waals surface area contributed by atoms with Crippen LogP contribution in [0.25, 0.3) is 0 Å². The first-order valence-corrected chi connectivity index (χ1v) is 11.6. The molecule has 1 aromatic rings. The van der Waals surface area contributed by atoms with Crippen LogP contribution >= 0.6 is 0 Å². The summed E-state index contributed by atoms with van der Waals surface area (Å²) >= 11 is 0. The van der Waals surface area contributed by atoms with E-state index in [1.165, 1.54) is 0 Å². The zero-order valence-corrected chi connectivity index (χ0v) is 17.8. The van der Waals surface area contributed by atoms with Crippen molar-refractivity contribution < 1.29 is 17.9 Å². The maximum absolute atomic E-state index is 11.1. The molecule has 8 nitrogen and oxygen atoms in total. The van der Waals surface area contributed by atoms with E-state index in [1.54, 1.807) is 0 Å². The fourth-order valence-corrected chi connectivity index (χ4v) is 3.26. The number of nitrogens with one attached hydrogen (secondary N) is 3. The minimum Gasteiger partial charge on any atom is -0.488 e. The Labute approximate surface area is 168 Å². The van der Waals surface area contributed by atoms with E-state index in [2.05, 4.69) is 26.4 Å². The summed E-state index contributed by atoms with van der Waals surface area (Å²) in [7, 11) is -3.15. The molecule has 0 aromatic heterocycles. The van der Waals surface area contributed by atoms with Crippen molar-refractivity contribution in [3.8, 4) is 5.75 Å². The molecule has 1 fully saturated rings. The number of rotatable bonds is 10. The van der Waals surface area contributed by atoms with Gasteiger partial charge in [-0.05, 0) is 31.9 Å². The second-order valence-electron chi connectivity index (χ2n) is 6.86. The summed E-state index contributed by atoms with van der Waals surface area (Å²) in [6.45, 7) is 7.65. The average molecular weight is 413 g/mol. The SMILES string of the molecule is CCNC(=NCc1ccc(C)cc1OC1CCOC1)NCCCNS(C)(=O)=O. The fraction of sp³-hybridized carbons (Fsp3) is 0.632. The van der Waals surface area contributed by atoms with Crippen molar-refractivity contribution in [2.24, 2.45) is 4.99 Å². The van der Waals surface area contributed by atoms with Gasteiger partial charge in [-0.15, -0.1) is 0 Å². The Bertz CT molecular complexity index is 746. The number of aliphatic imine (C=N–C) groups is 1. The molecule has 0 radical (unpaired) electrons. The lowest BCUT2D eigenvalue weighted by Crippen LogP contribution is -2.38. The molecule has 1 heterocycles. The number of ether oxygens (including phenoxy) is 2. The number of hydrogen-bond acceptors (Lipinski definition) is 5. The van der Waals surface area contributed by atoms with E-state index < -0.39 is 10.0 Å². The molecule has 1 aliphatic rings. The number of hydrogen-bond donors (Lipinski definition) is 3. The van der Waals surface area contributed by atoms with Crippen LogP contribution < -0.4 is 20.1 Å². The highest BCUT2D eigenvalue weighted by Crippen LogP contribution is 2.24. The lowest BCUT2D eigenvalue weighted by atomic mass is 10.1. The van der Waals surface area contributed by atoms with E-state index in [4.69, 9.17) is 9.47 Å². The Morgan fingerprint density at radius 2 is 2.14 bits per heavy atom. The molecule has 3 N–H and O–H groups in total. The van der Waals surface area contributed by atoms with Crippen molar-refractivity contribution in [3.05, 3.63) is 29.3 Å². The summed E-state index contributed by atoms with van der Waals surface area (Å²) in [4.78, 5) is 4.64. The van der Waals surface area contributed by atoms with E-state index in [0.717, 1.165) is 42.7 Å². The van der Waals surface area contributed by atoms with Gasteiger partial charge in [0.2, 0.25) is 10.0 Å². The van der Waals surface area contributed by atoms with Crippen LogP contribution in [0, 0.1) is 6.92 Å². The lowest BCUT2D eigenvalue weighted by molar-refractivity contribution is 0.140. The van der Waals surface area contributed by atoms with Crippen LogP contribution in [0.4, 0.5) is 0 Å². The lowest BCUT2D eigenvalue weighted by Gasteiger charge is -2.16. The normalized spacial score (nSPS) is 17.5. The van der Waals surface area contributed by atoms with Gasteiger partial charge in [0.05, 0.1) is 26.0 Å². The smallest absolute Gasteiger partial charge is 0.208 e. The fourth-order valence-electron chi connectivity index (χ4n) is 2.75. The summed E-state index contributed by atoms with van der Waals surface area (Å²) < 4.78 is 36.2. The van der Waals surface area contributed by atoms with Gasteiger partial charge in [-0.3, -0.25) is 0 Å². The van der Waals surface area contributed by atoms with E-state index in [0.29, 0.717) is 38.6 Å². The molecule has 1 saturated heterocycles. The standard InChI is InChI=1S/C19H32N4O4S/c1-4-20-19(21-9-5-10-23-28(3,24)25)22-13-16-7-6-15(2)12-18(16)27-17-8-11-26-14-17/h6-7,12,17,23H,4-5,8-11,13-14H2,1-3H3,(H2,20,21,22). The van der Waals surface area contributed by atoms with E-state index in [-0.39, 0.29) is 6.10 Å². The minimum absolute atomic E-state index is 0.0956. The van der Waals surface area contributed by atoms with Gasteiger partial charge in [0.1, 0.15) is 11.9 Å². The summed E-state index contributed by atoms with van der Waals surface area (Å²) in [6.07, 6.45) is 2.82. The first kappa shape index (κ1) is 22.4. The predicted molar refractivity (Wildman–Crippen MR) is 111 cm³/mol. The molecular formula is C19H32N4O4S. The Hall–Kier alpha value is -1.84. The third-order valence-electron chi connectivity index (χ3n) is 4.17. The first-order valence-electron chi connectivity index (χ1n) is 9.68. The van der Waals surface area contributed by atoms with E-state index in [9.17, 15) is 8.42 Å². The van der Waals surface area contributed by atoms with Crippen molar-refractivity contribution in [2.45, 2.75) is 39.3 Å². The van der Waals surface area contributed by atoms with Crippen LogP contribution in [0.2, 0.25) is 0 Å². The zero-order valence-electron chi connectivity index (χ0n) is 17.0. The van der Waals surface area contributed by atoms with Gasteiger partial charge in [0.15, 0.2) is 5.96 Å². The largest absolute Gasteiger partial charge is 0.488 e. The molecule has 0 spiro atoms. The van der Waals surface area contributed by atoms with Crippen LogP contribution in [-0.2, 0) is 21.3 Å². The van der Waals surface area contributed by atoms with Gasteiger partial charge >= 0.3 is 0 Å². The molecule has 0 saturated carbocycles. The van der Waals surface area contributed by atoms with E-state index >= 15 is 0 Å². The van der Waals surface area contributed by atoms with Crippen molar-refractivity contribution in [1.29, 1.82) is 0 Å². The third kappa shape index (κ3) is 8.45. The number of guanidine groups is 1. The maximum atomic E-state index is 11.1. The number of benzene rings is 1. The monoisotopic (exact) mass is 412 g/mol. The maximum Gasteiger partial charge on any atom is 0.208 e. The molecule has 0 amide bonds. The zero-order chi connectivity index (χ0) is 20.4. The molecule has 158 valence electrons. The summed E-state index contributed by atoms with van der Waals surface area (Å²) in [5.74, 6) is 1.55. The van der Waals surface area contributed by atoms with Gasteiger partial charge in [0.25, 0.3) is 0 Å². The van der Waals surface area contributed by atoms with Crippen molar-refractivity contribution in [3.63, 3.8) is 0 Å². The number of nitrogens with zero attached hydrogens (tertiary/aromatic N) is 1. The van der Waals surface area contributed by atoms with Crippen LogP contribution in [0.15, 0.2) is 23.2 Å². The van der Waals surface area contributed by atoms with Crippen molar-refractivity contribution in [2.75, 3.05) is 39.1 Å². The van der Waals surface area contributed by atoms with Gasteiger partial charge in [-0.2, -0.15) is 0 Å².